The molecule has 0 saturated heterocycles. The minimum atomic E-state index is -0.256. The van der Waals surface area contributed by atoms with Crippen LogP contribution in [0.1, 0.15) is 35.5 Å². The van der Waals surface area contributed by atoms with Crippen LogP contribution in [0.4, 0.5) is 5.69 Å². The Hall–Kier alpha value is -3.61. The highest BCUT2D eigenvalue weighted by atomic mass is 16.2. The molecule has 7 nitrogen and oxygen atoms in total. The van der Waals surface area contributed by atoms with Gasteiger partial charge >= 0.3 is 5.69 Å². The maximum absolute atomic E-state index is 12.7. The summed E-state index contributed by atoms with van der Waals surface area (Å²) in [7, 11) is 0. The molecule has 3 rings (SSSR count). The van der Waals surface area contributed by atoms with Crippen molar-refractivity contribution in [1.29, 1.82) is 0 Å². The minimum absolute atomic E-state index is 0.0143. The van der Waals surface area contributed by atoms with Gasteiger partial charge in [0, 0.05) is 43.2 Å². The van der Waals surface area contributed by atoms with Gasteiger partial charge in [-0.25, -0.2) is 4.79 Å². The Labute approximate surface area is 169 Å². The summed E-state index contributed by atoms with van der Waals surface area (Å²) in [5, 5.41) is 2.92. The van der Waals surface area contributed by atoms with Gasteiger partial charge in [0.05, 0.1) is 5.69 Å². The summed E-state index contributed by atoms with van der Waals surface area (Å²) >= 11 is 0. The molecule has 0 atom stereocenters. The van der Waals surface area contributed by atoms with E-state index in [0.717, 1.165) is 11.3 Å². The molecule has 1 aromatic heterocycles. The summed E-state index contributed by atoms with van der Waals surface area (Å²) < 4.78 is 1.54. The zero-order chi connectivity index (χ0) is 21.0. The van der Waals surface area contributed by atoms with Crippen LogP contribution in [-0.4, -0.2) is 32.8 Å². The second kappa shape index (κ2) is 8.60. The zero-order valence-corrected chi connectivity index (χ0v) is 16.7. The van der Waals surface area contributed by atoms with E-state index in [1.165, 1.54) is 11.5 Å². The maximum Gasteiger partial charge on any atom is 0.330 e. The number of aromatic amines is 1. The van der Waals surface area contributed by atoms with E-state index in [0.29, 0.717) is 30.0 Å². The van der Waals surface area contributed by atoms with Crippen molar-refractivity contribution in [2.24, 2.45) is 0 Å². The van der Waals surface area contributed by atoms with E-state index in [1.807, 2.05) is 38.1 Å². The van der Waals surface area contributed by atoms with Gasteiger partial charge in [-0.2, -0.15) is 0 Å². The Morgan fingerprint density at radius 2 is 1.79 bits per heavy atom. The zero-order valence-electron chi connectivity index (χ0n) is 16.7. The Morgan fingerprint density at radius 1 is 1.10 bits per heavy atom. The number of hydrogen-bond acceptors (Lipinski definition) is 3. The van der Waals surface area contributed by atoms with E-state index < -0.39 is 0 Å². The summed E-state index contributed by atoms with van der Waals surface area (Å²) in [6, 6.07) is 14.3. The first kappa shape index (κ1) is 20.1. The lowest BCUT2D eigenvalue weighted by molar-refractivity contribution is -0.129. The van der Waals surface area contributed by atoms with Crippen LogP contribution in [0.15, 0.2) is 59.5 Å². The second-order valence-electron chi connectivity index (χ2n) is 6.76. The van der Waals surface area contributed by atoms with Crippen LogP contribution in [-0.2, 0) is 11.3 Å². The van der Waals surface area contributed by atoms with Crippen LogP contribution < -0.4 is 11.0 Å². The van der Waals surface area contributed by atoms with Crippen LogP contribution in [0.5, 0.6) is 0 Å². The topological polar surface area (TPSA) is 87.2 Å². The van der Waals surface area contributed by atoms with Crippen molar-refractivity contribution in [2.45, 2.75) is 27.3 Å². The highest BCUT2D eigenvalue weighted by Gasteiger charge is 2.13. The van der Waals surface area contributed by atoms with Crippen molar-refractivity contribution in [1.82, 2.24) is 14.5 Å². The van der Waals surface area contributed by atoms with Gasteiger partial charge in [-0.3, -0.25) is 14.2 Å². The number of nitrogens with zero attached hydrogens (tertiary/aromatic N) is 2. The molecule has 0 radical (unpaired) electrons. The number of amides is 2. The Kier molecular flexibility index (Phi) is 5.97. The van der Waals surface area contributed by atoms with Gasteiger partial charge < -0.3 is 15.2 Å². The van der Waals surface area contributed by atoms with E-state index in [4.69, 9.17) is 0 Å². The lowest BCUT2D eigenvalue weighted by atomic mass is 10.1. The number of benzene rings is 2. The van der Waals surface area contributed by atoms with Gasteiger partial charge in [0.15, 0.2) is 0 Å². The molecule has 2 aromatic carbocycles. The number of carbonyl (C=O) groups excluding carboxylic acids is 2. The summed E-state index contributed by atoms with van der Waals surface area (Å²) in [5.74, 6) is -0.271. The van der Waals surface area contributed by atoms with Crippen LogP contribution in [0.3, 0.4) is 0 Å². The predicted molar refractivity (Wildman–Crippen MR) is 112 cm³/mol. The molecule has 7 heteroatoms. The molecule has 29 heavy (non-hydrogen) atoms. The lowest BCUT2D eigenvalue weighted by Gasteiger charge is -2.21. The van der Waals surface area contributed by atoms with Gasteiger partial charge in [0.1, 0.15) is 0 Å². The van der Waals surface area contributed by atoms with Crippen molar-refractivity contribution >= 4 is 17.5 Å². The number of para-hydroxylation sites is 1. The summed E-state index contributed by atoms with van der Waals surface area (Å²) in [4.78, 5) is 40.7. The molecule has 0 saturated carbocycles. The van der Waals surface area contributed by atoms with E-state index in [-0.39, 0.29) is 17.5 Å². The second-order valence-corrected chi connectivity index (χ2v) is 6.76. The van der Waals surface area contributed by atoms with Crippen molar-refractivity contribution in [3.05, 3.63) is 82.0 Å². The molecule has 0 aliphatic heterocycles. The number of carbonyl (C=O) groups is 2. The SMILES string of the molecule is CCN(Cc1ccccc1NC(=O)c1ccc(-n2c(C)c[nH]c2=O)cc1)C(C)=O. The lowest BCUT2D eigenvalue weighted by Crippen LogP contribution is -2.28. The van der Waals surface area contributed by atoms with Crippen molar-refractivity contribution < 1.29 is 9.59 Å². The third kappa shape index (κ3) is 4.45. The van der Waals surface area contributed by atoms with Crippen molar-refractivity contribution in [3.8, 4) is 5.69 Å². The molecule has 2 amide bonds. The molecule has 0 aliphatic carbocycles. The van der Waals surface area contributed by atoms with Crippen molar-refractivity contribution in [2.75, 3.05) is 11.9 Å². The van der Waals surface area contributed by atoms with Crippen LogP contribution in [0.25, 0.3) is 5.69 Å². The molecule has 2 N–H and O–H groups in total. The van der Waals surface area contributed by atoms with E-state index in [1.54, 1.807) is 35.4 Å². The fraction of sp³-hybridized carbons (Fsp3) is 0.227. The van der Waals surface area contributed by atoms with E-state index in [2.05, 4.69) is 10.3 Å². The smallest absolute Gasteiger partial charge is 0.330 e. The van der Waals surface area contributed by atoms with Gasteiger partial charge in [-0.1, -0.05) is 18.2 Å². The van der Waals surface area contributed by atoms with Crippen LogP contribution in [0, 0.1) is 6.92 Å². The average molecular weight is 392 g/mol. The Bertz CT molecular complexity index is 1080. The van der Waals surface area contributed by atoms with E-state index >= 15 is 0 Å². The Morgan fingerprint density at radius 3 is 2.38 bits per heavy atom. The first-order chi connectivity index (χ1) is 13.9. The molecule has 0 aliphatic rings. The average Bonchev–Trinajstić information content (AvgIpc) is 3.05. The number of nitrogens with one attached hydrogen (secondary N) is 2. The molecule has 0 unspecified atom stereocenters. The monoisotopic (exact) mass is 392 g/mol. The number of imidazole rings is 1. The van der Waals surface area contributed by atoms with Gasteiger partial charge in [0.2, 0.25) is 5.91 Å². The summed E-state index contributed by atoms with van der Waals surface area (Å²) in [6.07, 6.45) is 1.64. The van der Waals surface area contributed by atoms with Crippen LogP contribution >= 0.6 is 0 Å². The molecule has 0 fully saturated rings. The number of aromatic nitrogens is 2. The van der Waals surface area contributed by atoms with Gasteiger partial charge in [0.25, 0.3) is 5.91 Å². The fourth-order valence-corrected chi connectivity index (χ4v) is 3.16. The van der Waals surface area contributed by atoms with Crippen molar-refractivity contribution in [3.63, 3.8) is 0 Å². The first-order valence-corrected chi connectivity index (χ1v) is 9.43. The molecular weight excluding hydrogens is 368 g/mol. The highest BCUT2D eigenvalue weighted by Crippen LogP contribution is 2.19. The highest BCUT2D eigenvalue weighted by molar-refractivity contribution is 6.04. The molecule has 0 bridgehead atoms. The third-order valence-corrected chi connectivity index (χ3v) is 4.80. The number of aryl methyl sites for hydroxylation is 1. The van der Waals surface area contributed by atoms with E-state index in [9.17, 15) is 14.4 Å². The molecule has 3 aromatic rings. The van der Waals surface area contributed by atoms with Gasteiger partial charge in [-0.15, -0.1) is 0 Å². The Balaban J connectivity index is 1.79. The number of hydrogen-bond donors (Lipinski definition) is 2. The molecule has 0 spiro atoms. The number of anilines is 1. The maximum atomic E-state index is 12.7. The fourth-order valence-electron chi connectivity index (χ4n) is 3.16. The standard InChI is InChI=1S/C22H24N4O3/c1-4-25(16(3)27)14-18-7-5-6-8-20(18)24-21(28)17-9-11-19(12-10-17)26-15(2)13-23-22(26)29/h5-13H,4,14H2,1-3H3,(H,23,29)(H,24,28). The number of rotatable bonds is 6. The largest absolute Gasteiger partial charge is 0.339 e. The molecule has 1 heterocycles. The number of H-pyrrole nitrogens is 1. The molecular formula is C22H24N4O3. The first-order valence-electron chi connectivity index (χ1n) is 9.43. The quantitative estimate of drug-likeness (QED) is 0.676. The minimum Gasteiger partial charge on any atom is -0.339 e. The summed E-state index contributed by atoms with van der Waals surface area (Å²) in [6.45, 7) is 6.30. The summed E-state index contributed by atoms with van der Waals surface area (Å²) in [5.41, 5.74) is 3.25. The third-order valence-electron chi connectivity index (χ3n) is 4.80. The van der Waals surface area contributed by atoms with Crippen LogP contribution in [0.2, 0.25) is 0 Å². The van der Waals surface area contributed by atoms with Gasteiger partial charge in [-0.05, 0) is 49.7 Å². The predicted octanol–water partition coefficient (Wildman–Crippen LogP) is 3.09. The molecule has 150 valence electrons. The normalized spacial score (nSPS) is 10.6.